The molecular weight excluding hydrogens is 254 g/mol. The van der Waals surface area contributed by atoms with Crippen molar-refractivity contribution in [3.8, 4) is 5.75 Å². The van der Waals surface area contributed by atoms with Gasteiger partial charge in [-0.2, -0.15) is 0 Å². The molecule has 4 nitrogen and oxygen atoms in total. The van der Waals surface area contributed by atoms with Crippen LogP contribution in [-0.4, -0.2) is 13.2 Å². The number of hydrogen-bond donors (Lipinski definition) is 1. The van der Waals surface area contributed by atoms with Gasteiger partial charge in [-0.25, -0.2) is 4.79 Å². The first-order valence-electron chi connectivity index (χ1n) is 5.77. The minimum atomic E-state index is -0.446. The number of hydrogen-bond acceptors (Lipinski definition) is 4. The molecule has 18 heavy (non-hydrogen) atoms. The van der Waals surface area contributed by atoms with Gasteiger partial charge in [-0.05, 0) is 31.5 Å². The fraction of sp³-hybridized carbons (Fsp3) is 0.308. The van der Waals surface area contributed by atoms with Crippen LogP contribution in [0.2, 0.25) is 5.02 Å². The quantitative estimate of drug-likeness (QED) is 0.668. The van der Waals surface area contributed by atoms with E-state index in [9.17, 15) is 4.79 Å². The van der Waals surface area contributed by atoms with Gasteiger partial charge >= 0.3 is 5.63 Å². The second kappa shape index (κ2) is 5.89. The summed E-state index contributed by atoms with van der Waals surface area (Å²) < 4.78 is 10.7. The standard InChI is InChI=1S/C13H14ClNO3/c14-9-4-3-5-10-13(9)11(8-12(16)18-10)17-7-2-1-6-15/h3-5,8H,1-2,6-7,15H2. The molecule has 2 rings (SSSR count). The van der Waals surface area contributed by atoms with Gasteiger partial charge in [0.25, 0.3) is 0 Å². The van der Waals surface area contributed by atoms with E-state index < -0.39 is 5.63 Å². The second-order valence-electron chi connectivity index (χ2n) is 3.89. The van der Waals surface area contributed by atoms with E-state index in [2.05, 4.69) is 0 Å². The molecule has 2 N–H and O–H groups in total. The normalized spacial score (nSPS) is 10.8. The van der Waals surface area contributed by atoms with E-state index in [0.29, 0.717) is 34.9 Å². The molecule has 0 radical (unpaired) electrons. The Kier molecular flexibility index (Phi) is 4.23. The van der Waals surface area contributed by atoms with Gasteiger partial charge in [0.15, 0.2) is 0 Å². The van der Waals surface area contributed by atoms with Crippen LogP contribution in [0.4, 0.5) is 0 Å². The molecule has 0 atom stereocenters. The zero-order valence-corrected chi connectivity index (χ0v) is 10.6. The molecule has 0 saturated carbocycles. The largest absolute Gasteiger partial charge is 0.492 e. The van der Waals surface area contributed by atoms with E-state index in [1.807, 2.05) is 0 Å². The maximum Gasteiger partial charge on any atom is 0.339 e. The highest BCUT2D eigenvalue weighted by atomic mass is 35.5. The van der Waals surface area contributed by atoms with Gasteiger partial charge in [0.2, 0.25) is 0 Å². The summed E-state index contributed by atoms with van der Waals surface area (Å²) in [6.07, 6.45) is 1.72. The van der Waals surface area contributed by atoms with Crippen molar-refractivity contribution in [1.82, 2.24) is 0 Å². The number of ether oxygens (including phenoxy) is 1. The summed E-state index contributed by atoms with van der Waals surface area (Å²) in [5.74, 6) is 0.462. The highest BCUT2D eigenvalue weighted by molar-refractivity contribution is 6.35. The molecule has 0 unspecified atom stereocenters. The van der Waals surface area contributed by atoms with E-state index in [1.54, 1.807) is 18.2 Å². The summed E-state index contributed by atoms with van der Waals surface area (Å²) in [6, 6.07) is 6.47. The van der Waals surface area contributed by atoms with Crippen molar-refractivity contribution < 1.29 is 9.15 Å². The van der Waals surface area contributed by atoms with Crippen molar-refractivity contribution in [1.29, 1.82) is 0 Å². The predicted octanol–water partition coefficient (Wildman–Crippen LogP) is 2.56. The Bertz CT molecular complexity index is 594. The van der Waals surface area contributed by atoms with Crippen LogP contribution in [-0.2, 0) is 0 Å². The molecule has 5 heteroatoms. The highest BCUT2D eigenvalue weighted by Gasteiger charge is 2.09. The first-order valence-corrected chi connectivity index (χ1v) is 6.15. The molecule has 0 spiro atoms. The number of fused-ring (bicyclic) bond motifs is 1. The van der Waals surface area contributed by atoms with Gasteiger partial charge in [-0.3, -0.25) is 0 Å². The van der Waals surface area contributed by atoms with Gasteiger partial charge < -0.3 is 14.9 Å². The lowest BCUT2D eigenvalue weighted by atomic mass is 10.2. The molecule has 0 saturated heterocycles. The van der Waals surface area contributed by atoms with Crippen LogP contribution >= 0.6 is 11.6 Å². The third-order valence-electron chi connectivity index (χ3n) is 2.54. The van der Waals surface area contributed by atoms with Gasteiger partial charge in [0, 0.05) is 0 Å². The molecule has 0 fully saturated rings. The Morgan fingerprint density at radius 3 is 2.94 bits per heavy atom. The van der Waals surface area contributed by atoms with Crippen molar-refractivity contribution in [2.75, 3.05) is 13.2 Å². The maximum absolute atomic E-state index is 11.4. The Balaban J connectivity index is 2.33. The lowest BCUT2D eigenvalue weighted by Gasteiger charge is -2.08. The molecular formula is C13H14ClNO3. The first-order chi connectivity index (χ1) is 8.72. The average Bonchev–Trinajstić information content (AvgIpc) is 2.34. The van der Waals surface area contributed by atoms with E-state index in [1.165, 1.54) is 6.07 Å². The number of benzene rings is 1. The molecule has 96 valence electrons. The van der Waals surface area contributed by atoms with Crippen molar-refractivity contribution in [2.45, 2.75) is 12.8 Å². The van der Waals surface area contributed by atoms with Crippen molar-refractivity contribution in [2.24, 2.45) is 5.73 Å². The van der Waals surface area contributed by atoms with Crippen LogP contribution in [0.15, 0.2) is 33.5 Å². The molecule has 0 amide bonds. The lowest BCUT2D eigenvalue weighted by molar-refractivity contribution is 0.309. The van der Waals surface area contributed by atoms with Crippen molar-refractivity contribution >= 4 is 22.6 Å². The molecule has 0 aliphatic rings. The molecule has 2 aromatic rings. The van der Waals surface area contributed by atoms with Gasteiger partial charge in [0.1, 0.15) is 11.3 Å². The van der Waals surface area contributed by atoms with E-state index in [4.69, 9.17) is 26.5 Å². The maximum atomic E-state index is 11.4. The smallest absolute Gasteiger partial charge is 0.339 e. The van der Waals surface area contributed by atoms with Crippen LogP contribution in [0.1, 0.15) is 12.8 Å². The van der Waals surface area contributed by atoms with E-state index in [0.717, 1.165) is 12.8 Å². The van der Waals surface area contributed by atoms with Crippen LogP contribution in [0, 0.1) is 0 Å². The number of halogens is 1. The summed E-state index contributed by atoms with van der Waals surface area (Å²) in [4.78, 5) is 11.4. The Labute approximate surface area is 109 Å². The Morgan fingerprint density at radius 2 is 2.17 bits per heavy atom. The van der Waals surface area contributed by atoms with Crippen molar-refractivity contribution in [3.63, 3.8) is 0 Å². The summed E-state index contributed by atoms with van der Waals surface area (Å²) in [7, 11) is 0. The third kappa shape index (κ3) is 2.83. The zero-order chi connectivity index (χ0) is 13.0. The van der Waals surface area contributed by atoms with Crippen LogP contribution < -0.4 is 16.1 Å². The third-order valence-corrected chi connectivity index (χ3v) is 2.85. The minimum Gasteiger partial charge on any atom is -0.492 e. The van der Waals surface area contributed by atoms with Crippen LogP contribution in [0.25, 0.3) is 11.0 Å². The topological polar surface area (TPSA) is 65.5 Å². The molecule has 0 bridgehead atoms. The van der Waals surface area contributed by atoms with E-state index >= 15 is 0 Å². The second-order valence-corrected chi connectivity index (χ2v) is 4.29. The summed E-state index contributed by atoms with van der Waals surface area (Å²) in [5.41, 5.74) is 5.39. The summed E-state index contributed by atoms with van der Waals surface area (Å²) >= 11 is 6.09. The zero-order valence-electron chi connectivity index (χ0n) is 9.82. The first kappa shape index (κ1) is 12.9. The monoisotopic (exact) mass is 267 g/mol. The van der Waals surface area contributed by atoms with Crippen LogP contribution in [0.3, 0.4) is 0 Å². The van der Waals surface area contributed by atoms with E-state index in [-0.39, 0.29) is 0 Å². The molecule has 1 aromatic carbocycles. The SMILES string of the molecule is NCCCCOc1cc(=O)oc2cccc(Cl)c12. The summed E-state index contributed by atoms with van der Waals surface area (Å²) in [6.45, 7) is 1.13. The Morgan fingerprint density at radius 1 is 1.33 bits per heavy atom. The van der Waals surface area contributed by atoms with Gasteiger partial charge in [-0.15, -0.1) is 0 Å². The van der Waals surface area contributed by atoms with Crippen molar-refractivity contribution in [3.05, 3.63) is 39.7 Å². The number of nitrogens with two attached hydrogens (primary N) is 1. The fourth-order valence-corrected chi connectivity index (χ4v) is 1.95. The highest BCUT2D eigenvalue weighted by Crippen LogP contribution is 2.30. The number of rotatable bonds is 5. The average molecular weight is 268 g/mol. The molecule has 1 aromatic heterocycles. The molecule has 1 heterocycles. The van der Waals surface area contributed by atoms with Crippen LogP contribution in [0.5, 0.6) is 5.75 Å². The minimum absolute atomic E-state index is 0.434. The predicted molar refractivity (Wildman–Crippen MR) is 71.3 cm³/mol. The van der Waals surface area contributed by atoms with Gasteiger partial charge in [0.05, 0.1) is 23.1 Å². The fourth-order valence-electron chi connectivity index (χ4n) is 1.69. The van der Waals surface area contributed by atoms with Gasteiger partial charge in [-0.1, -0.05) is 17.7 Å². The lowest BCUT2D eigenvalue weighted by Crippen LogP contribution is -2.06. The molecule has 0 aliphatic heterocycles. The summed E-state index contributed by atoms with van der Waals surface area (Å²) in [5, 5.41) is 1.14. The number of unbranched alkanes of at least 4 members (excludes halogenated alkanes) is 1. The molecule has 0 aliphatic carbocycles. The Hall–Kier alpha value is -1.52.